The van der Waals surface area contributed by atoms with Crippen molar-refractivity contribution in [1.29, 1.82) is 0 Å². The van der Waals surface area contributed by atoms with E-state index in [0.29, 0.717) is 12.0 Å². The number of carbonyl (C=O) groups is 7. The number of aromatic nitrogens is 2. The van der Waals surface area contributed by atoms with Crippen LogP contribution >= 0.6 is 0 Å². The molecule has 16 heteroatoms. The maximum Gasteiger partial charge on any atom is 0.243 e. The first-order valence-electron chi connectivity index (χ1n) is 11.7. The zero-order valence-electron chi connectivity index (χ0n) is 21.7. The number of nitrogens with one attached hydrogen (secondary N) is 7. The smallest absolute Gasteiger partial charge is 0.243 e. The van der Waals surface area contributed by atoms with Gasteiger partial charge in [0, 0.05) is 24.4 Å². The van der Waals surface area contributed by atoms with Gasteiger partial charge in [-0.3, -0.25) is 35.7 Å². The Morgan fingerprint density at radius 3 is 1.57 bits per heavy atom. The average Bonchev–Trinajstić information content (AvgIpc) is 3.40. The van der Waals surface area contributed by atoms with Crippen molar-refractivity contribution in [2.24, 2.45) is 0 Å². The molecule has 0 aliphatic rings. The standard InChI is InChI=1S/C24H33N9O7/c1-11(9-34)28-20(36)13(3)30-21(37)14(4)31-22(38)15(5)32-24(40)18(7-17-8-26-10-27-17)33-23(39)16(6)29-19(35)12(2)25/h8-16,18H,1-7,25H2,(H,26,27)(H,28,36)(H,29,35)(H,30,37)(H,31,38)(H,32,40)(H,33,39)/q-6/p+1/t11-,12-,13-,14-,15-,16-,18-/m0/s1. The number of aromatic amines is 1. The van der Waals surface area contributed by atoms with Crippen LogP contribution in [0.4, 0.5) is 0 Å². The van der Waals surface area contributed by atoms with Gasteiger partial charge in [-0.25, -0.2) is 4.98 Å². The molecule has 40 heavy (non-hydrogen) atoms. The van der Waals surface area contributed by atoms with Crippen LogP contribution < -0.4 is 37.6 Å². The fourth-order valence-corrected chi connectivity index (χ4v) is 2.78. The van der Waals surface area contributed by atoms with E-state index in [1.54, 1.807) is 0 Å². The third kappa shape index (κ3) is 11.2. The lowest BCUT2D eigenvalue weighted by Crippen LogP contribution is -2.67. The molecule has 0 aliphatic carbocycles. The van der Waals surface area contributed by atoms with Crippen LogP contribution in [-0.4, -0.2) is 94.0 Å². The number of amides is 6. The Hall–Kier alpha value is -4.34. The molecule has 0 radical (unpaired) electrons. The van der Waals surface area contributed by atoms with E-state index in [4.69, 9.17) is 0 Å². The number of rotatable bonds is 15. The van der Waals surface area contributed by atoms with Gasteiger partial charge < -0.3 is 82.0 Å². The van der Waals surface area contributed by atoms with Gasteiger partial charge in [-0.05, 0) is 30.2 Å². The van der Waals surface area contributed by atoms with Crippen molar-refractivity contribution in [3.05, 3.63) is 59.8 Å². The number of hydrogen-bond acceptors (Lipinski definition) is 8. The van der Waals surface area contributed by atoms with Crippen LogP contribution in [0.5, 0.6) is 0 Å². The number of quaternary nitrogens is 1. The summed E-state index contributed by atoms with van der Waals surface area (Å²) in [5.41, 5.74) is 3.90. The Bertz CT molecular complexity index is 1060. The van der Waals surface area contributed by atoms with E-state index in [0.717, 1.165) is 0 Å². The quantitative estimate of drug-likeness (QED) is 0.0758. The van der Waals surface area contributed by atoms with Gasteiger partial charge in [0.1, 0.15) is 12.3 Å². The lowest BCUT2D eigenvalue weighted by atomic mass is 10.1. The van der Waals surface area contributed by atoms with Crippen LogP contribution in [0, 0.1) is 41.5 Å². The highest BCUT2D eigenvalue weighted by Crippen LogP contribution is 2.01. The Kier molecular flexibility index (Phi) is 13.4. The summed E-state index contributed by atoms with van der Waals surface area (Å²) in [7, 11) is 0. The SMILES string of the molecule is [CH2-][C@H]([NH3+])C(=O)N[C@@H]([CH2-])C(=O)N[C@@H](Cc1cnc[nH]1)C(=O)N[C@@H]([CH2-])C(=O)N[C@@H]([CH2-])C(=O)N[C@@H]([CH2-])C(=O)N[C@@H]([CH2-])C=O. The molecule has 1 aromatic rings. The highest BCUT2D eigenvalue weighted by Gasteiger charge is 2.25. The summed E-state index contributed by atoms with van der Waals surface area (Å²) in [5.74, 6) is -4.89. The summed E-state index contributed by atoms with van der Waals surface area (Å²) >= 11 is 0. The maximum atomic E-state index is 12.9. The third-order valence-electron chi connectivity index (χ3n) is 5.01. The van der Waals surface area contributed by atoms with Crippen molar-refractivity contribution in [1.82, 2.24) is 41.9 Å². The molecular weight excluding hydrogens is 526 g/mol. The lowest BCUT2D eigenvalue weighted by Gasteiger charge is -2.30. The molecule has 1 rings (SSSR count). The number of imidazole rings is 1. The van der Waals surface area contributed by atoms with Crippen molar-refractivity contribution in [3.8, 4) is 0 Å². The van der Waals surface area contributed by atoms with E-state index < -0.39 is 77.7 Å². The molecule has 0 spiro atoms. The number of aldehydes is 1. The molecule has 10 N–H and O–H groups in total. The molecular formula is C24H34N9O7-5. The van der Waals surface area contributed by atoms with Crippen molar-refractivity contribution < 1.29 is 39.3 Å². The highest BCUT2D eigenvalue weighted by molar-refractivity contribution is 5.97. The van der Waals surface area contributed by atoms with Gasteiger partial charge in [0.25, 0.3) is 0 Å². The van der Waals surface area contributed by atoms with Crippen LogP contribution in [0.15, 0.2) is 12.5 Å². The third-order valence-corrected chi connectivity index (χ3v) is 5.01. The van der Waals surface area contributed by atoms with Gasteiger partial charge in [-0.1, -0.05) is 0 Å². The second kappa shape index (κ2) is 15.9. The van der Waals surface area contributed by atoms with Gasteiger partial charge >= 0.3 is 0 Å². The number of carbonyl (C=O) groups excluding carboxylic acids is 7. The fourth-order valence-electron chi connectivity index (χ4n) is 2.78. The molecule has 0 unspecified atom stereocenters. The topological polar surface area (TPSA) is 248 Å². The number of nitrogens with zero attached hydrogens (tertiary/aromatic N) is 1. The van der Waals surface area contributed by atoms with Gasteiger partial charge in [0.05, 0.1) is 6.33 Å². The van der Waals surface area contributed by atoms with Gasteiger partial charge in [0.2, 0.25) is 35.4 Å². The molecule has 6 amide bonds. The van der Waals surface area contributed by atoms with Crippen molar-refractivity contribution in [3.63, 3.8) is 0 Å². The fraction of sp³-hybridized carbons (Fsp3) is 0.333. The van der Waals surface area contributed by atoms with Crippen molar-refractivity contribution >= 4 is 41.7 Å². The Morgan fingerprint density at radius 1 is 0.725 bits per heavy atom. The second-order valence-electron chi connectivity index (χ2n) is 8.53. The van der Waals surface area contributed by atoms with E-state index in [1.807, 2.05) is 0 Å². The van der Waals surface area contributed by atoms with Crippen LogP contribution in [0.25, 0.3) is 0 Å². The second-order valence-corrected chi connectivity index (χ2v) is 8.53. The molecule has 0 aromatic carbocycles. The molecule has 7 atom stereocenters. The molecule has 0 fully saturated rings. The molecule has 0 saturated heterocycles. The molecule has 0 aliphatic heterocycles. The van der Waals surface area contributed by atoms with Crippen molar-refractivity contribution in [2.75, 3.05) is 0 Å². The average molecular weight is 561 g/mol. The zero-order chi connectivity index (χ0) is 30.6. The first kappa shape index (κ1) is 33.7. The number of hydrogen-bond donors (Lipinski definition) is 8. The minimum Gasteiger partial charge on any atom is -0.377 e. The van der Waals surface area contributed by atoms with E-state index in [-0.39, 0.29) is 6.42 Å². The summed E-state index contributed by atoms with van der Waals surface area (Å²) in [6.45, 7) is 20.8. The Balaban J connectivity index is 2.78. The van der Waals surface area contributed by atoms with E-state index >= 15 is 0 Å². The molecule has 0 saturated carbocycles. The summed E-state index contributed by atoms with van der Waals surface area (Å²) in [6, 6.07) is -8.68. The normalized spacial score (nSPS) is 16.0. The monoisotopic (exact) mass is 560 g/mol. The van der Waals surface area contributed by atoms with E-state index in [2.05, 4.69) is 89.1 Å². The summed E-state index contributed by atoms with van der Waals surface area (Å²) in [5, 5.41) is 13.6. The predicted octanol–water partition coefficient (Wildman–Crippen LogP) is -5.33. The van der Waals surface area contributed by atoms with Crippen LogP contribution in [-0.2, 0) is 40.0 Å². The number of H-pyrrole nitrogens is 1. The first-order valence-corrected chi connectivity index (χ1v) is 11.7. The Labute approximate surface area is 231 Å². The van der Waals surface area contributed by atoms with Crippen LogP contribution in [0.1, 0.15) is 5.69 Å². The largest absolute Gasteiger partial charge is 0.377 e. The molecule has 1 aromatic heterocycles. The first-order chi connectivity index (χ1) is 18.7. The minimum atomic E-state index is -1.45. The van der Waals surface area contributed by atoms with E-state index in [9.17, 15) is 33.6 Å². The molecule has 1 heterocycles. The lowest BCUT2D eigenvalue weighted by molar-refractivity contribution is -0.389. The zero-order valence-corrected chi connectivity index (χ0v) is 21.7. The minimum absolute atomic E-state index is 0.0779. The molecule has 222 valence electrons. The predicted molar refractivity (Wildman–Crippen MR) is 139 cm³/mol. The Morgan fingerprint density at radius 2 is 1.15 bits per heavy atom. The molecule has 0 bridgehead atoms. The van der Waals surface area contributed by atoms with Gasteiger partial charge in [-0.2, -0.15) is 0 Å². The highest BCUT2D eigenvalue weighted by atomic mass is 16.2. The summed E-state index contributed by atoms with van der Waals surface area (Å²) in [4.78, 5) is 91.2. The van der Waals surface area contributed by atoms with Crippen molar-refractivity contribution in [2.45, 2.75) is 48.7 Å². The summed E-state index contributed by atoms with van der Waals surface area (Å²) in [6.07, 6.45) is 3.07. The van der Waals surface area contributed by atoms with Gasteiger partial charge in [-0.15, -0.1) is 0 Å². The maximum absolute atomic E-state index is 12.9. The summed E-state index contributed by atoms with van der Waals surface area (Å²) < 4.78 is 0. The van der Waals surface area contributed by atoms with Gasteiger partial charge in [0.15, 0.2) is 0 Å². The van der Waals surface area contributed by atoms with E-state index in [1.165, 1.54) is 12.5 Å². The van der Waals surface area contributed by atoms with Crippen LogP contribution in [0.3, 0.4) is 0 Å². The molecule has 16 nitrogen and oxygen atoms in total. The van der Waals surface area contributed by atoms with Crippen LogP contribution in [0.2, 0.25) is 0 Å².